The van der Waals surface area contributed by atoms with E-state index in [9.17, 15) is 0 Å². The average Bonchev–Trinajstić information content (AvgIpc) is 1.59. The van der Waals surface area contributed by atoms with Crippen molar-refractivity contribution in [2.24, 2.45) is 0 Å². The number of hydrogen-bond acceptors (Lipinski definition) is 0. The van der Waals surface area contributed by atoms with Crippen molar-refractivity contribution in [1.29, 1.82) is 0 Å². The van der Waals surface area contributed by atoms with Crippen molar-refractivity contribution in [3.8, 4) is 0 Å². The molecule has 0 saturated carbocycles. The van der Waals surface area contributed by atoms with Crippen LogP contribution in [0.4, 0.5) is 0 Å². The van der Waals surface area contributed by atoms with Gasteiger partial charge in [0.15, 0.2) is 0 Å². The molecule has 0 spiro atoms. The van der Waals surface area contributed by atoms with Gasteiger partial charge in [-0.25, -0.2) is 0 Å². The van der Waals surface area contributed by atoms with Gasteiger partial charge in [-0.1, -0.05) is 0 Å². The Morgan fingerprint density at radius 2 is 1.75 bits per heavy atom. The molecule has 0 N–H and O–H groups in total. The number of rotatable bonds is 3. The molecule has 0 aliphatic heterocycles. The van der Waals surface area contributed by atoms with Crippen LogP contribution in [-0.4, -0.2) is 0 Å². The van der Waals surface area contributed by atoms with Gasteiger partial charge in [-0.05, 0) is 0 Å². The second-order valence-corrected chi connectivity index (χ2v) is 48.9. The monoisotopic (exact) mass is 384 g/mol. The Kier molecular flexibility index (Phi) is 6.50. The summed E-state index contributed by atoms with van der Waals surface area (Å²) >= 11 is 9.00. The van der Waals surface area contributed by atoms with Crippen LogP contribution in [0.3, 0.4) is 0 Å². The van der Waals surface area contributed by atoms with E-state index in [1.807, 2.05) is 0 Å². The number of unbranched alkanes of at least 4 members (excludes halogenated alkanes) is 1. The third-order valence-electron chi connectivity index (χ3n) is 0.814. The van der Waals surface area contributed by atoms with E-state index >= 15 is 0 Å². The summed E-state index contributed by atoms with van der Waals surface area (Å²) in [7, 11) is 0. The Morgan fingerprint density at radius 3 is 1.88 bits per heavy atom. The van der Waals surface area contributed by atoms with Gasteiger partial charge in [0, 0.05) is 0 Å². The van der Waals surface area contributed by atoms with Crippen LogP contribution < -0.4 is 0 Å². The summed E-state index contributed by atoms with van der Waals surface area (Å²) in [5.41, 5.74) is 0. The van der Waals surface area contributed by atoms with Crippen LogP contribution in [0.5, 0.6) is 0 Å². The molecule has 0 nitrogen and oxygen atoms in total. The van der Waals surface area contributed by atoms with E-state index in [-0.39, 0.29) is 0 Å². The molecule has 0 radical (unpaired) electrons. The summed E-state index contributed by atoms with van der Waals surface area (Å²) in [6.45, 7) is 2.21. The second kappa shape index (κ2) is 5.04. The topological polar surface area (TPSA) is 0 Å². The molecule has 0 amide bonds. The fraction of sp³-hybridized carbons (Fsp3) is 1.00. The van der Waals surface area contributed by atoms with Crippen molar-refractivity contribution >= 4 is 36.7 Å². The quantitative estimate of drug-likeness (QED) is 0.677. The zero-order chi connectivity index (χ0) is 6.62. The van der Waals surface area contributed by atoms with Gasteiger partial charge in [-0.3, -0.25) is 0 Å². The van der Waals surface area contributed by atoms with Gasteiger partial charge in [-0.2, -0.15) is 0 Å². The summed E-state index contributed by atoms with van der Waals surface area (Å²) in [4.78, 5) is 0. The zero-order valence-corrected chi connectivity index (χ0v) is 12.0. The summed E-state index contributed by atoms with van der Waals surface area (Å²) in [6, 6.07) is 0. The van der Waals surface area contributed by atoms with Crippen LogP contribution in [0.25, 0.3) is 0 Å². The normalized spacial score (nSPS) is 12.0. The Balaban J connectivity index is 3.11. The van der Waals surface area contributed by atoms with E-state index in [4.69, 9.17) is 0 Å². The van der Waals surface area contributed by atoms with Crippen molar-refractivity contribution in [3.05, 3.63) is 0 Å². The Bertz CT molecular complexity index is 58.8. The van der Waals surface area contributed by atoms with Gasteiger partial charge < -0.3 is 0 Å². The summed E-state index contributed by atoms with van der Waals surface area (Å²) in [5, 5.41) is 0. The van der Waals surface area contributed by atoms with Crippen LogP contribution in [0.2, 0.25) is 4.13 Å². The van der Waals surface area contributed by atoms with Crippen molar-refractivity contribution in [2.75, 3.05) is 0 Å². The van der Waals surface area contributed by atoms with Crippen LogP contribution in [0.15, 0.2) is 0 Å². The molecule has 0 heterocycles. The fourth-order valence-electron chi connectivity index (χ4n) is 0.377. The van der Waals surface area contributed by atoms with Gasteiger partial charge >= 0.3 is 73.8 Å². The molecule has 0 fully saturated rings. The van der Waals surface area contributed by atoms with Gasteiger partial charge in [0.2, 0.25) is 0 Å². The molecular weight excluding hydrogens is 379 g/mol. The molecule has 0 atom stereocenters. The van der Waals surface area contributed by atoms with Crippen LogP contribution in [-0.2, 0) is 13.2 Å². The van der Waals surface area contributed by atoms with Crippen molar-refractivity contribution in [3.63, 3.8) is 0 Å². The Labute approximate surface area is 72.6 Å². The maximum atomic E-state index is 3.62. The first-order chi connectivity index (χ1) is 3.56. The molecule has 0 aromatic heterocycles. The first-order valence-corrected chi connectivity index (χ1v) is 21.2. The van der Waals surface area contributed by atoms with Gasteiger partial charge in [0.05, 0.1) is 0 Å². The molecule has 0 saturated heterocycles. The molecule has 0 aliphatic carbocycles. The molecular formula is C4H9Br3Zr. The van der Waals surface area contributed by atoms with E-state index in [0.717, 1.165) is 0 Å². The average molecular weight is 388 g/mol. The Hall–Kier alpha value is 2.32. The molecule has 8 heavy (non-hydrogen) atoms. The molecule has 0 aliphatic rings. The predicted molar refractivity (Wildman–Crippen MR) is 46.5 cm³/mol. The first kappa shape index (κ1) is 10.3. The molecule has 0 aromatic carbocycles. The van der Waals surface area contributed by atoms with E-state index in [2.05, 4.69) is 43.6 Å². The zero-order valence-electron chi connectivity index (χ0n) is 4.76. The number of halogens is 3. The molecule has 50 valence electrons. The summed E-state index contributed by atoms with van der Waals surface area (Å²) in [5.74, 6) is 0. The predicted octanol–water partition coefficient (Wildman–Crippen LogP) is 4.29. The van der Waals surface area contributed by atoms with E-state index < -0.39 is 13.2 Å². The molecule has 4 heteroatoms. The standard InChI is InChI=1S/C4H9.3BrH.Zr/c1-3-4-2;;;;/h1,3-4H2,2H3;3*1H;/q;;;;+3/p-3. The van der Waals surface area contributed by atoms with Crippen LogP contribution in [0.1, 0.15) is 19.8 Å². The van der Waals surface area contributed by atoms with Gasteiger partial charge in [0.25, 0.3) is 0 Å². The molecule has 0 unspecified atom stereocenters. The van der Waals surface area contributed by atoms with E-state index in [1.54, 1.807) is 0 Å². The SMILES string of the molecule is CCC[CH2][Zr]([Br])([Br])[Br]. The molecule has 0 bridgehead atoms. The third kappa shape index (κ3) is 8.32. The minimum absolute atomic E-state index is 1.29. The third-order valence-corrected chi connectivity index (χ3v) is 10.1. The maximum absolute atomic E-state index is 3.62. The van der Waals surface area contributed by atoms with Crippen LogP contribution in [0, 0.1) is 0 Å². The van der Waals surface area contributed by atoms with Crippen molar-refractivity contribution in [2.45, 2.75) is 23.9 Å². The van der Waals surface area contributed by atoms with E-state index in [0.29, 0.717) is 0 Å². The minimum atomic E-state index is -1.87. The Morgan fingerprint density at radius 1 is 1.25 bits per heavy atom. The summed E-state index contributed by atoms with van der Waals surface area (Å²) < 4.78 is 1.32. The number of hydrogen-bond donors (Lipinski definition) is 0. The van der Waals surface area contributed by atoms with E-state index in [1.165, 1.54) is 17.0 Å². The van der Waals surface area contributed by atoms with Crippen molar-refractivity contribution in [1.82, 2.24) is 0 Å². The van der Waals surface area contributed by atoms with Gasteiger partial charge in [-0.15, -0.1) is 0 Å². The first-order valence-electron chi connectivity index (χ1n) is 2.63. The molecule has 0 rings (SSSR count). The van der Waals surface area contributed by atoms with Gasteiger partial charge in [0.1, 0.15) is 0 Å². The summed E-state index contributed by atoms with van der Waals surface area (Å²) in [6.07, 6.45) is 2.62. The fourth-order valence-corrected chi connectivity index (χ4v) is 7.21. The second-order valence-electron chi connectivity index (χ2n) is 1.72. The van der Waals surface area contributed by atoms with Crippen molar-refractivity contribution < 1.29 is 13.2 Å². The van der Waals surface area contributed by atoms with Crippen LogP contribution >= 0.6 is 36.7 Å². The molecule has 0 aromatic rings.